The molecule has 0 atom stereocenters. The normalized spacial score (nSPS) is 10.3. The molecule has 0 spiro atoms. The number of methoxy groups -OCH3 is 1. The molecule has 1 amide bonds. The first-order valence-electron chi connectivity index (χ1n) is 7.68. The van der Waals surface area contributed by atoms with E-state index < -0.39 is 0 Å². The van der Waals surface area contributed by atoms with E-state index in [1.165, 1.54) is 6.33 Å². The molecule has 0 radical (unpaired) electrons. The highest BCUT2D eigenvalue weighted by Gasteiger charge is 2.11. The Hall–Kier alpha value is -2.57. The van der Waals surface area contributed by atoms with Crippen molar-refractivity contribution in [2.75, 3.05) is 20.3 Å². The second-order valence-electron chi connectivity index (χ2n) is 5.01. The summed E-state index contributed by atoms with van der Waals surface area (Å²) in [5.41, 5.74) is 0.530. The summed E-state index contributed by atoms with van der Waals surface area (Å²) in [5, 5.41) is 9.35. The maximum atomic E-state index is 12.2. The topological polar surface area (TPSA) is 89.1 Å². The van der Waals surface area contributed by atoms with Crippen molar-refractivity contribution in [1.29, 1.82) is 0 Å². The van der Waals surface area contributed by atoms with Gasteiger partial charge in [0.15, 0.2) is 11.5 Å². The van der Waals surface area contributed by atoms with Crippen LogP contribution in [0, 0.1) is 0 Å². The molecule has 1 aromatic heterocycles. The van der Waals surface area contributed by atoms with Gasteiger partial charge in [0.05, 0.1) is 13.7 Å². The molecule has 7 heteroatoms. The number of hydrogen-bond acceptors (Lipinski definition) is 5. The molecular formula is C16H22N4O3. The number of unbranched alkanes of at least 4 members (excludes halogenated alkanes) is 1. The van der Waals surface area contributed by atoms with Crippen LogP contribution in [0.3, 0.4) is 0 Å². The van der Waals surface area contributed by atoms with Gasteiger partial charge in [0.2, 0.25) is 0 Å². The number of benzene rings is 1. The summed E-state index contributed by atoms with van der Waals surface area (Å²) in [5.74, 6) is 1.79. The van der Waals surface area contributed by atoms with Crippen LogP contribution in [0.5, 0.6) is 11.5 Å². The number of ether oxygens (including phenoxy) is 2. The van der Waals surface area contributed by atoms with E-state index in [1.54, 1.807) is 25.3 Å². The van der Waals surface area contributed by atoms with E-state index in [9.17, 15) is 4.79 Å². The SMILES string of the molecule is CCCCOc1ccc(C(=O)NCCc2ncn[nH]2)cc1OC. The van der Waals surface area contributed by atoms with Crippen molar-refractivity contribution >= 4 is 5.91 Å². The van der Waals surface area contributed by atoms with Gasteiger partial charge in [-0.1, -0.05) is 13.3 Å². The van der Waals surface area contributed by atoms with Gasteiger partial charge in [-0.05, 0) is 24.6 Å². The molecule has 0 aliphatic heterocycles. The summed E-state index contributed by atoms with van der Waals surface area (Å²) in [6, 6.07) is 5.18. The first kappa shape index (κ1) is 16.8. The van der Waals surface area contributed by atoms with Crippen molar-refractivity contribution in [3.05, 3.63) is 35.9 Å². The van der Waals surface area contributed by atoms with Gasteiger partial charge < -0.3 is 14.8 Å². The largest absolute Gasteiger partial charge is 0.493 e. The van der Waals surface area contributed by atoms with Crippen LogP contribution in [0.15, 0.2) is 24.5 Å². The molecule has 1 heterocycles. The van der Waals surface area contributed by atoms with Crippen LogP contribution in [-0.4, -0.2) is 41.3 Å². The number of hydrogen-bond donors (Lipinski definition) is 2. The molecule has 0 unspecified atom stereocenters. The van der Waals surface area contributed by atoms with Crippen LogP contribution in [0.2, 0.25) is 0 Å². The number of carbonyl (C=O) groups is 1. The maximum absolute atomic E-state index is 12.2. The Morgan fingerprint density at radius 2 is 2.22 bits per heavy atom. The van der Waals surface area contributed by atoms with Gasteiger partial charge in [-0.3, -0.25) is 9.89 Å². The third kappa shape index (κ3) is 4.98. The van der Waals surface area contributed by atoms with Gasteiger partial charge in [-0.25, -0.2) is 4.98 Å². The van der Waals surface area contributed by atoms with E-state index in [-0.39, 0.29) is 5.91 Å². The van der Waals surface area contributed by atoms with Gasteiger partial charge in [0, 0.05) is 18.5 Å². The second kappa shape index (κ2) is 8.77. The number of rotatable bonds is 9. The number of nitrogens with one attached hydrogen (secondary N) is 2. The minimum atomic E-state index is -0.164. The standard InChI is InChI=1S/C16H22N4O3/c1-3-4-9-23-13-6-5-12(10-14(13)22-2)16(21)17-8-7-15-18-11-19-20-15/h5-6,10-11H,3-4,7-9H2,1-2H3,(H,17,21)(H,18,19,20). The highest BCUT2D eigenvalue weighted by atomic mass is 16.5. The molecule has 0 aliphatic rings. The zero-order valence-electron chi connectivity index (χ0n) is 13.5. The van der Waals surface area contributed by atoms with Crippen LogP contribution in [0.25, 0.3) is 0 Å². The predicted molar refractivity (Wildman–Crippen MR) is 85.8 cm³/mol. The molecule has 124 valence electrons. The Bertz CT molecular complexity index is 614. The van der Waals surface area contributed by atoms with E-state index in [4.69, 9.17) is 9.47 Å². The third-order valence-electron chi connectivity index (χ3n) is 3.29. The summed E-state index contributed by atoms with van der Waals surface area (Å²) in [6.45, 7) is 3.22. The van der Waals surface area contributed by atoms with Crippen molar-refractivity contribution < 1.29 is 14.3 Å². The fraction of sp³-hybridized carbons (Fsp3) is 0.438. The fourth-order valence-corrected chi connectivity index (χ4v) is 2.00. The van der Waals surface area contributed by atoms with Crippen LogP contribution in [-0.2, 0) is 6.42 Å². The summed E-state index contributed by atoms with van der Waals surface area (Å²) >= 11 is 0. The Morgan fingerprint density at radius 3 is 2.91 bits per heavy atom. The molecule has 0 saturated carbocycles. The van der Waals surface area contributed by atoms with E-state index in [0.29, 0.717) is 36.6 Å². The summed E-state index contributed by atoms with van der Waals surface area (Å²) in [4.78, 5) is 16.2. The molecule has 0 aliphatic carbocycles. The number of aromatic amines is 1. The monoisotopic (exact) mass is 318 g/mol. The third-order valence-corrected chi connectivity index (χ3v) is 3.29. The second-order valence-corrected chi connectivity index (χ2v) is 5.01. The molecule has 0 saturated heterocycles. The Balaban J connectivity index is 1.91. The van der Waals surface area contributed by atoms with Gasteiger partial charge in [-0.15, -0.1) is 0 Å². The summed E-state index contributed by atoms with van der Waals surface area (Å²) in [7, 11) is 1.56. The van der Waals surface area contributed by atoms with Crippen molar-refractivity contribution in [1.82, 2.24) is 20.5 Å². The number of H-pyrrole nitrogens is 1. The minimum Gasteiger partial charge on any atom is -0.493 e. The Morgan fingerprint density at radius 1 is 1.35 bits per heavy atom. The highest BCUT2D eigenvalue weighted by molar-refractivity contribution is 5.94. The molecule has 1 aromatic carbocycles. The van der Waals surface area contributed by atoms with E-state index in [0.717, 1.165) is 18.7 Å². The smallest absolute Gasteiger partial charge is 0.251 e. The molecule has 0 bridgehead atoms. The van der Waals surface area contributed by atoms with Crippen LogP contribution in [0.1, 0.15) is 35.9 Å². The lowest BCUT2D eigenvalue weighted by molar-refractivity contribution is 0.0953. The first-order chi connectivity index (χ1) is 11.2. The fourth-order valence-electron chi connectivity index (χ4n) is 2.00. The average molecular weight is 318 g/mol. The van der Waals surface area contributed by atoms with Crippen molar-refractivity contribution in [2.24, 2.45) is 0 Å². The van der Waals surface area contributed by atoms with E-state index >= 15 is 0 Å². The zero-order valence-corrected chi connectivity index (χ0v) is 13.5. The van der Waals surface area contributed by atoms with Crippen molar-refractivity contribution in [3.8, 4) is 11.5 Å². The molecule has 7 nitrogen and oxygen atoms in total. The summed E-state index contributed by atoms with van der Waals surface area (Å²) in [6.07, 6.45) is 4.08. The first-order valence-corrected chi connectivity index (χ1v) is 7.68. The Kier molecular flexibility index (Phi) is 6.40. The highest BCUT2D eigenvalue weighted by Crippen LogP contribution is 2.28. The average Bonchev–Trinajstić information content (AvgIpc) is 3.08. The zero-order chi connectivity index (χ0) is 16.5. The summed E-state index contributed by atoms with van der Waals surface area (Å²) < 4.78 is 11.0. The van der Waals surface area contributed by atoms with Crippen molar-refractivity contribution in [3.63, 3.8) is 0 Å². The number of amides is 1. The van der Waals surface area contributed by atoms with E-state index in [1.807, 2.05) is 0 Å². The van der Waals surface area contributed by atoms with E-state index in [2.05, 4.69) is 27.4 Å². The lowest BCUT2D eigenvalue weighted by Gasteiger charge is -2.12. The lowest BCUT2D eigenvalue weighted by Crippen LogP contribution is -2.26. The van der Waals surface area contributed by atoms with Crippen LogP contribution in [0.4, 0.5) is 0 Å². The molecule has 2 N–H and O–H groups in total. The van der Waals surface area contributed by atoms with Gasteiger partial charge in [-0.2, -0.15) is 5.10 Å². The molecule has 2 rings (SSSR count). The number of carbonyl (C=O) groups excluding carboxylic acids is 1. The van der Waals surface area contributed by atoms with Gasteiger partial charge in [0.25, 0.3) is 5.91 Å². The van der Waals surface area contributed by atoms with Gasteiger partial charge in [0.1, 0.15) is 12.2 Å². The Labute approximate surface area is 135 Å². The molecule has 23 heavy (non-hydrogen) atoms. The lowest BCUT2D eigenvalue weighted by atomic mass is 10.2. The minimum absolute atomic E-state index is 0.164. The maximum Gasteiger partial charge on any atom is 0.251 e. The van der Waals surface area contributed by atoms with Crippen molar-refractivity contribution in [2.45, 2.75) is 26.2 Å². The number of aromatic nitrogens is 3. The quantitative estimate of drug-likeness (QED) is 0.690. The van der Waals surface area contributed by atoms with Crippen LogP contribution >= 0.6 is 0 Å². The molecule has 2 aromatic rings. The number of nitrogens with zero attached hydrogens (tertiary/aromatic N) is 2. The predicted octanol–water partition coefficient (Wildman–Crippen LogP) is 1.96. The molecule has 0 fully saturated rings. The molecular weight excluding hydrogens is 296 g/mol. The van der Waals surface area contributed by atoms with Crippen LogP contribution < -0.4 is 14.8 Å². The van der Waals surface area contributed by atoms with Gasteiger partial charge >= 0.3 is 0 Å².